The van der Waals surface area contributed by atoms with E-state index in [-0.39, 0.29) is 12.3 Å². The van der Waals surface area contributed by atoms with Crippen molar-refractivity contribution in [3.05, 3.63) is 57.1 Å². The van der Waals surface area contributed by atoms with Crippen LogP contribution in [0.5, 0.6) is 0 Å². The predicted octanol–water partition coefficient (Wildman–Crippen LogP) is 5.55. The number of hydrogen-bond donors (Lipinski definition) is 3. The molecule has 0 radical (unpaired) electrons. The molecular weight excluding hydrogens is 521 g/mol. The summed E-state index contributed by atoms with van der Waals surface area (Å²) in [5, 5.41) is 15.8. The fraction of sp³-hybridized carbons (Fsp3) is 0.600. The van der Waals surface area contributed by atoms with E-state index in [1.165, 1.54) is 0 Å². The van der Waals surface area contributed by atoms with E-state index in [9.17, 15) is 14.7 Å². The minimum atomic E-state index is -1.26. The summed E-state index contributed by atoms with van der Waals surface area (Å²) in [6, 6.07) is 5.23. The number of nitrogens with zero attached hydrogens (tertiary/aromatic N) is 1. The summed E-state index contributed by atoms with van der Waals surface area (Å²) in [4.78, 5) is 28.8. The van der Waals surface area contributed by atoms with E-state index >= 15 is 0 Å². The highest BCUT2D eigenvalue weighted by Crippen LogP contribution is 2.44. The van der Waals surface area contributed by atoms with E-state index in [1.807, 2.05) is 37.8 Å². The Kier molecular flexibility index (Phi) is 12.8. The molecule has 1 aliphatic carbocycles. The molecule has 1 aromatic rings. The zero-order chi connectivity index (χ0) is 28.5. The van der Waals surface area contributed by atoms with Crippen LogP contribution in [0.15, 0.2) is 41.5 Å². The number of aliphatic hydroxyl groups is 1. The van der Waals surface area contributed by atoms with Crippen LogP contribution in [0, 0.1) is 17.3 Å². The molecule has 0 saturated carbocycles. The van der Waals surface area contributed by atoms with Gasteiger partial charge in [-0.15, -0.1) is 0 Å². The number of nitrogens with two attached hydrogens (primary N) is 1. The van der Waals surface area contributed by atoms with Gasteiger partial charge in [-0.2, -0.15) is 0 Å². The average Bonchev–Trinajstić information content (AvgIpc) is 2.83. The number of nitrogens with one attached hydrogen (secondary N) is 1. The smallest absolute Gasteiger partial charge is 0.249 e. The lowest BCUT2D eigenvalue weighted by atomic mass is 9.63. The molecule has 0 fully saturated rings. The molecule has 0 spiro atoms. The fourth-order valence-electron chi connectivity index (χ4n) is 5.34. The largest absolute Gasteiger partial charge is 0.391 e. The predicted molar refractivity (Wildman–Crippen MR) is 157 cm³/mol. The van der Waals surface area contributed by atoms with E-state index in [1.54, 1.807) is 18.2 Å². The van der Waals surface area contributed by atoms with Gasteiger partial charge in [-0.05, 0) is 75.3 Å². The standard InChI is InChI=1S/C30H45Cl2N3O3/c1-6-10-35(11-7-2)28(37)23-12-21(5)17-30(18-23,29(33)38)26(27(36)19-34-9-8-20(3)4)15-22-13-24(31)16-25(32)14-22/h12-14,16-17,20,26-27,34,36H,6-11,15,18-19H2,1-5H3,(H2,33,38)/t26-,27+,30?/m1/s1. The van der Waals surface area contributed by atoms with Gasteiger partial charge in [0, 0.05) is 41.2 Å². The second-order valence-electron chi connectivity index (χ2n) is 11.0. The highest BCUT2D eigenvalue weighted by Gasteiger charge is 2.48. The van der Waals surface area contributed by atoms with E-state index < -0.39 is 23.3 Å². The second-order valence-corrected chi connectivity index (χ2v) is 11.8. The second kappa shape index (κ2) is 15.1. The van der Waals surface area contributed by atoms with Gasteiger partial charge in [-0.3, -0.25) is 9.59 Å². The lowest BCUT2D eigenvalue weighted by Crippen LogP contribution is -2.52. The van der Waals surface area contributed by atoms with Gasteiger partial charge in [0.2, 0.25) is 11.8 Å². The van der Waals surface area contributed by atoms with Crippen molar-refractivity contribution in [2.24, 2.45) is 23.0 Å². The first kappa shape index (κ1) is 32.4. The molecular formula is C30H45Cl2N3O3. The van der Waals surface area contributed by atoms with Crippen molar-refractivity contribution in [2.45, 2.75) is 72.8 Å². The van der Waals surface area contributed by atoms with Gasteiger partial charge >= 0.3 is 0 Å². The van der Waals surface area contributed by atoms with Crippen LogP contribution in [-0.4, -0.2) is 54.1 Å². The summed E-state index contributed by atoms with van der Waals surface area (Å²) in [6.07, 6.45) is 5.87. The number of hydrogen-bond acceptors (Lipinski definition) is 4. The quantitative estimate of drug-likeness (QED) is 0.243. The third-order valence-electron chi connectivity index (χ3n) is 7.13. The first-order chi connectivity index (χ1) is 17.9. The molecule has 1 aliphatic rings. The summed E-state index contributed by atoms with van der Waals surface area (Å²) in [7, 11) is 0. The van der Waals surface area contributed by atoms with Crippen molar-refractivity contribution in [1.82, 2.24) is 10.2 Å². The number of aliphatic hydroxyl groups excluding tert-OH is 1. The van der Waals surface area contributed by atoms with E-state index in [2.05, 4.69) is 19.2 Å². The average molecular weight is 567 g/mol. The van der Waals surface area contributed by atoms with E-state index in [0.717, 1.165) is 36.9 Å². The molecule has 212 valence electrons. The van der Waals surface area contributed by atoms with Crippen molar-refractivity contribution < 1.29 is 14.7 Å². The van der Waals surface area contributed by atoms with Gasteiger partial charge in [-0.25, -0.2) is 0 Å². The Morgan fingerprint density at radius 2 is 1.74 bits per heavy atom. The summed E-state index contributed by atoms with van der Waals surface area (Å²) in [5.41, 5.74) is 7.00. The molecule has 3 atom stereocenters. The molecule has 0 aromatic heterocycles. The molecule has 0 bridgehead atoms. The number of allylic oxidation sites excluding steroid dienone is 2. The summed E-state index contributed by atoms with van der Waals surface area (Å²) >= 11 is 12.6. The van der Waals surface area contributed by atoms with Crippen molar-refractivity contribution in [1.29, 1.82) is 0 Å². The summed E-state index contributed by atoms with van der Waals surface area (Å²) in [5.74, 6) is -0.732. The lowest BCUT2D eigenvalue weighted by Gasteiger charge is -2.42. The highest BCUT2D eigenvalue weighted by molar-refractivity contribution is 6.34. The molecule has 1 aromatic carbocycles. The van der Waals surface area contributed by atoms with Crippen molar-refractivity contribution in [2.75, 3.05) is 26.2 Å². The third kappa shape index (κ3) is 8.84. The zero-order valence-corrected chi connectivity index (χ0v) is 25.0. The number of carbonyl (C=O) groups is 2. The first-order valence-corrected chi connectivity index (χ1v) is 14.5. The number of rotatable bonds is 15. The monoisotopic (exact) mass is 565 g/mol. The Labute approximate surface area is 238 Å². The molecule has 0 aliphatic heterocycles. The van der Waals surface area contributed by atoms with Gasteiger partial charge in [-0.1, -0.05) is 68.6 Å². The minimum Gasteiger partial charge on any atom is -0.391 e. The maximum Gasteiger partial charge on any atom is 0.249 e. The van der Waals surface area contributed by atoms with Gasteiger partial charge in [0.05, 0.1) is 11.5 Å². The molecule has 4 N–H and O–H groups in total. The van der Waals surface area contributed by atoms with Crippen molar-refractivity contribution in [3.63, 3.8) is 0 Å². The Bertz CT molecular complexity index is 998. The normalized spacial score (nSPS) is 19.1. The lowest BCUT2D eigenvalue weighted by molar-refractivity contribution is -0.132. The maximum atomic E-state index is 13.6. The van der Waals surface area contributed by atoms with Crippen molar-refractivity contribution in [3.8, 4) is 0 Å². The van der Waals surface area contributed by atoms with E-state index in [0.29, 0.717) is 47.6 Å². The van der Waals surface area contributed by atoms with Crippen LogP contribution in [0.2, 0.25) is 10.0 Å². The number of halogens is 2. The number of amides is 2. The molecule has 8 heteroatoms. The number of benzene rings is 1. The minimum absolute atomic E-state index is 0.0825. The third-order valence-corrected chi connectivity index (χ3v) is 7.57. The molecule has 1 unspecified atom stereocenters. The Morgan fingerprint density at radius 3 is 2.26 bits per heavy atom. The molecule has 0 heterocycles. The molecule has 38 heavy (non-hydrogen) atoms. The Hall–Kier alpha value is -1.86. The van der Waals surface area contributed by atoms with E-state index in [4.69, 9.17) is 28.9 Å². The topological polar surface area (TPSA) is 95.7 Å². The number of primary amides is 1. The van der Waals surface area contributed by atoms with Crippen LogP contribution in [-0.2, 0) is 16.0 Å². The maximum absolute atomic E-state index is 13.6. The van der Waals surface area contributed by atoms with Crippen LogP contribution in [0.3, 0.4) is 0 Å². The van der Waals surface area contributed by atoms with Gasteiger partial charge in [0.25, 0.3) is 0 Å². The van der Waals surface area contributed by atoms with Crippen LogP contribution in [0.1, 0.15) is 65.9 Å². The van der Waals surface area contributed by atoms with Gasteiger partial charge in [0.15, 0.2) is 0 Å². The SMILES string of the molecule is CCCN(CCC)C(=O)C1=CC(C)=CC(C(N)=O)([C@H](Cc2cc(Cl)cc(Cl)c2)[C@@H](O)CNCCC(C)C)C1. The van der Waals surface area contributed by atoms with Gasteiger partial charge < -0.3 is 21.1 Å². The first-order valence-electron chi connectivity index (χ1n) is 13.8. The Morgan fingerprint density at radius 1 is 1.13 bits per heavy atom. The van der Waals surface area contributed by atoms with Crippen LogP contribution in [0.25, 0.3) is 0 Å². The molecule has 2 amide bonds. The summed E-state index contributed by atoms with van der Waals surface area (Å²) in [6.45, 7) is 12.6. The Balaban J connectivity index is 2.50. The summed E-state index contributed by atoms with van der Waals surface area (Å²) < 4.78 is 0. The molecule has 2 rings (SSSR count). The van der Waals surface area contributed by atoms with Crippen LogP contribution in [0.4, 0.5) is 0 Å². The van der Waals surface area contributed by atoms with Crippen LogP contribution < -0.4 is 11.1 Å². The zero-order valence-electron chi connectivity index (χ0n) is 23.5. The van der Waals surface area contributed by atoms with Crippen molar-refractivity contribution >= 4 is 35.0 Å². The molecule has 6 nitrogen and oxygen atoms in total. The van der Waals surface area contributed by atoms with Gasteiger partial charge in [0.1, 0.15) is 0 Å². The fourth-order valence-corrected chi connectivity index (χ4v) is 5.91. The highest BCUT2D eigenvalue weighted by atomic mass is 35.5. The van der Waals surface area contributed by atoms with Crippen LogP contribution >= 0.6 is 23.2 Å². The molecule has 0 saturated heterocycles. The number of carbonyl (C=O) groups excluding carboxylic acids is 2.